The van der Waals surface area contributed by atoms with E-state index in [1.807, 2.05) is 0 Å². The summed E-state index contributed by atoms with van der Waals surface area (Å²) in [5.74, 6) is 1.11. The van der Waals surface area contributed by atoms with Crippen LogP contribution >= 0.6 is 0 Å². The maximum atomic E-state index is 5.79. The largest absolute Gasteiger partial charge is 0.384 e. The van der Waals surface area contributed by atoms with Crippen molar-refractivity contribution in [1.29, 1.82) is 0 Å². The Hall–Kier alpha value is -0.860. The quantitative estimate of drug-likeness (QED) is 0.865. The van der Waals surface area contributed by atoms with E-state index in [2.05, 4.69) is 24.3 Å². The number of rotatable bonds is 5. The Morgan fingerprint density at radius 3 is 2.39 bits per heavy atom. The van der Waals surface area contributed by atoms with Crippen LogP contribution in [0.15, 0.2) is 24.3 Å². The average molecular weight is 247 g/mol. The molecule has 1 aliphatic rings. The lowest BCUT2D eigenvalue weighted by atomic mass is 9.83. The van der Waals surface area contributed by atoms with E-state index < -0.39 is 0 Å². The molecule has 0 aliphatic heterocycles. The third-order valence-corrected chi connectivity index (χ3v) is 4.14. The minimum absolute atomic E-state index is 0.329. The van der Waals surface area contributed by atoms with Crippen molar-refractivity contribution in [3.63, 3.8) is 0 Å². The lowest BCUT2D eigenvalue weighted by molar-refractivity contribution is 0.181. The summed E-state index contributed by atoms with van der Waals surface area (Å²) in [5, 5.41) is 0. The van der Waals surface area contributed by atoms with Crippen molar-refractivity contribution in [3.05, 3.63) is 35.4 Å². The molecule has 2 N–H and O–H groups in total. The Morgan fingerprint density at radius 2 is 1.83 bits per heavy atom. The minimum atomic E-state index is 0.329. The molecule has 0 radical (unpaired) electrons. The third-order valence-electron chi connectivity index (χ3n) is 4.14. The fourth-order valence-electron chi connectivity index (χ4n) is 2.98. The Labute approximate surface area is 111 Å². The lowest BCUT2D eigenvalue weighted by Gasteiger charge is -2.22. The zero-order valence-electron chi connectivity index (χ0n) is 11.4. The van der Waals surface area contributed by atoms with Crippen LogP contribution in [0.5, 0.6) is 0 Å². The lowest BCUT2D eigenvalue weighted by Crippen LogP contribution is -2.17. The van der Waals surface area contributed by atoms with Gasteiger partial charge in [0.2, 0.25) is 0 Å². The zero-order valence-corrected chi connectivity index (χ0v) is 11.4. The fourth-order valence-corrected chi connectivity index (χ4v) is 2.98. The molecule has 2 nitrogen and oxygen atoms in total. The second kappa shape index (κ2) is 6.91. The van der Waals surface area contributed by atoms with Gasteiger partial charge in [-0.3, -0.25) is 0 Å². The SMILES string of the molecule is COCC(CN)c1ccc(C2CCCCC2)cc1. The van der Waals surface area contributed by atoms with Crippen molar-refractivity contribution in [2.75, 3.05) is 20.3 Å². The molecule has 0 bridgehead atoms. The maximum Gasteiger partial charge on any atom is 0.0543 e. The minimum Gasteiger partial charge on any atom is -0.384 e. The van der Waals surface area contributed by atoms with Gasteiger partial charge in [0.05, 0.1) is 6.61 Å². The molecule has 1 unspecified atom stereocenters. The van der Waals surface area contributed by atoms with Gasteiger partial charge in [-0.05, 0) is 29.9 Å². The Bertz CT molecular complexity index is 317. The third kappa shape index (κ3) is 3.33. The second-order valence-electron chi connectivity index (χ2n) is 5.39. The summed E-state index contributed by atoms with van der Waals surface area (Å²) in [6.07, 6.45) is 6.91. The maximum absolute atomic E-state index is 5.79. The first-order valence-corrected chi connectivity index (χ1v) is 7.14. The molecular formula is C16H25NO. The van der Waals surface area contributed by atoms with Gasteiger partial charge in [0.1, 0.15) is 0 Å². The van der Waals surface area contributed by atoms with E-state index in [0.717, 1.165) is 5.92 Å². The normalized spacial score (nSPS) is 18.8. The van der Waals surface area contributed by atoms with E-state index in [4.69, 9.17) is 10.5 Å². The van der Waals surface area contributed by atoms with Crippen LogP contribution in [0, 0.1) is 0 Å². The summed E-state index contributed by atoms with van der Waals surface area (Å²) in [6, 6.07) is 9.06. The highest BCUT2D eigenvalue weighted by Crippen LogP contribution is 2.33. The second-order valence-corrected chi connectivity index (χ2v) is 5.39. The van der Waals surface area contributed by atoms with E-state index >= 15 is 0 Å². The molecule has 1 atom stereocenters. The molecule has 0 heterocycles. The van der Waals surface area contributed by atoms with Gasteiger partial charge < -0.3 is 10.5 Å². The molecule has 1 fully saturated rings. The van der Waals surface area contributed by atoms with E-state index in [9.17, 15) is 0 Å². The van der Waals surface area contributed by atoms with E-state index in [0.29, 0.717) is 19.1 Å². The van der Waals surface area contributed by atoms with Gasteiger partial charge in [-0.1, -0.05) is 43.5 Å². The predicted molar refractivity (Wildman–Crippen MR) is 75.9 cm³/mol. The highest BCUT2D eigenvalue weighted by molar-refractivity contribution is 5.28. The van der Waals surface area contributed by atoms with Crippen molar-refractivity contribution in [2.24, 2.45) is 5.73 Å². The Kier molecular flexibility index (Phi) is 5.21. The molecule has 100 valence electrons. The standard InChI is InChI=1S/C16H25NO/c1-18-12-16(11-17)15-9-7-14(8-10-15)13-5-3-2-4-6-13/h7-10,13,16H,2-6,11-12,17H2,1H3. The summed E-state index contributed by atoms with van der Waals surface area (Å²) in [7, 11) is 1.74. The van der Waals surface area contributed by atoms with Crippen LogP contribution in [0.3, 0.4) is 0 Å². The molecule has 0 saturated heterocycles. The van der Waals surface area contributed by atoms with Crippen molar-refractivity contribution >= 4 is 0 Å². The molecule has 1 aromatic carbocycles. The fraction of sp³-hybridized carbons (Fsp3) is 0.625. The molecule has 1 saturated carbocycles. The predicted octanol–water partition coefficient (Wildman–Crippen LogP) is 3.42. The topological polar surface area (TPSA) is 35.2 Å². The number of hydrogen-bond donors (Lipinski definition) is 1. The monoisotopic (exact) mass is 247 g/mol. The van der Waals surface area contributed by atoms with Gasteiger partial charge in [-0.25, -0.2) is 0 Å². The first-order valence-electron chi connectivity index (χ1n) is 7.14. The van der Waals surface area contributed by atoms with Gasteiger partial charge >= 0.3 is 0 Å². The molecule has 0 amide bonds. The average Bonchev–Trinajstić information content (AvgIpc) is 2.46. The van der Waals surface area contributed by atoms with Crippen LogP contribution in [-0.2, 0) is 4.74 Å². The Balaban J connectivity index is 2.03. The molecule has 2 rings (SSSR count). The number of hydrogen-bond acceptors (Lipinski definition) is 2. The molecule has 18 heavy (non-hydrogen) atoms. The van der Waals surface area contributed by atoms with Crippen molar-refractivity contribution < 1.29 is 4.74 Å². The van der Waals surface area contributed by atoms with Crippen LogP contribution in [0.1, 0.15) is 55.1 Å². The summed E-state index contributed by atoms with van der Waals surface area (Å²) in [6.45, 7) is 1.36. The first-order chi connectivity index (χ1) is 8.85. The molecular weight excluding hydrogens is 222 g/mol. The summed E-state index contributed by atoms with van der Waals surface area (Å²) in [4.78, 5) is 0. The first kappa shape index (κ1) is 13.6. The van der Waals surface area contributed by atoms with Crippen molar-refractivity contribution in [3.8, 4) is 0 Å². The van der Waals surface area contributed by atoms with Crippen molar-refractivity contribution in [2.45, 2.75) is 43.9 Å². The van der Waals surface area contributed by atoms with Crippen LogP contribution in [0.4, 0.5) is 0 Å². The highest BCUT2D eigenvalue weighted by Gasteiger charge is 2.16. The summed E-state index contributed by atoms with van der Waals surface area (Å²) in [5.41, 5.74) is 8.60. The van der Waals surface area contributed by atoms with Crippen molar-refractivity contribution in [1.82, 2.24) is 0 Å². The zero-order chi connectivity index (χ0) is 12.8. The number of nitrogens with two attached hydrogens (primary N) is 1. The summed E-state index contributed by atoms with van der Waals surface area (Å²) < 4.78 is 5.22. The van der Waals surface area contributed by atoms with Crippen LogP contribution in [-0.4, -0.2) is 20.3 Å². The molecule has 1 aromatic rings. The van der Waals surface area contributed by atoms with E-state index in [-0.39, 0.29) is 0 Å². The van der Waals surface area contributed by atoms with Gasteiger partial charge in [0.15, 0.2) is 0 Å². The highest BCUT2D eigenvalue weighted by atomic mass is 16.5. The van der Waals surface area contributed by atoms with Gasteiger partial charge in [0, 0.05) is 19.6 Å². The van der Waals surface area contributed by atoms with Gasteiger partial charge in [0.25, 0.3) is 0 Å². The molecule has 0 aromatic heterocycles. The molecule has 1 aliphatic carbocycles. The molecule has 2 heteroatoms. The van der Waals surface area contributed by atoms with Crippen LogP contribution in [0.25, 0.3) is 0 Å². The van der Waals surface area contributed by atoms with Gasteiger partial charge in [-0.2, -0.15) is 0 Å². The van der Waals surface area contributed by atoms with E-state index in [1.54, 1.807) is 7.11 Å². The smallest absolute Gasteiger partial charge is 0.0543 e. The van der Waals surface area contributed by atoms with Crippen LogP contribution in [0.2, 0.25) is 0 Å². The van der Waals surface area contributed by atoms with Gasteiger partial charge in [-0.15, -0.1) is 0 Å². The van der Waals surface area contributed by atoms with E-state index in [1.165, 1.54) is 43.2 Å². The van der Waals surface area contributed by atoms with Crippen LogP contribution < -0.4 is 5.73 Å². The Morgan fingerprint density at radius 1 is 1.17 bits per heavy atom. The number of methoxy groups -OCH3 is 1. The molecule has 0 spiro atoms. The number of ether oxygens (including phenoxy) is 1. The summed E-state index contributed by atoms with van der Waals surface area (Å²) >= 11 is 0. The number of benzene rings is 1.